The molecule has 4 rings (SSSR count). The summed E-state index contributed by atoms with van der Waals surface area (Å²) in [5.74, 6) is 0.888. The maximum atomic E-state index is 13.0. The van der Waals surface area contributed by atoms with Crippen molar-refractivity contribution in [2.24, 2.45) is 0 Å². The van der Waals surface area contributed by atoms with Crippen molar-refractivity contribution in [1.29, 1.82) is 0 Å². The zero-order valence-corrected chi connectivity index (χ0v) is 21.2. The van der Waals surface area contributed by atoms with Gasteiger partial charge in [-0.25, -0.2) is 24.1 Å². The largest absolute Gasteiger partial charge is 0.472 e. The molecule has 0 saturated carbocycles. The van der Waals surface area contributed by atoms with Crippen LogP contribution in [0.5, 0.6) is 5.88 Å². The molecule has 0 radical (unpaired) electrons. The number of rotatable bonds is 6. The van der Waals surface area contributed by atoms with Crippen molar-refractivity contribution in [2.75, 3.05) is 19.3 Å². The first-order valence-electron chi connectivity index (χ1n) is 11.5. The Labute approximate surface area is 207 Å². The van der Waals surface area contributed by atoms with Gasteiger partial charge in [0.2, 0.25) is 5.88 Å². The Morgan fingerprint density at radius 3 is 2.83 bits per heavy atom. The molecule has 1 fully saturated rings. The standard InChI is InChI=1S/C24H30N6O4S/c1-6-12-29-21(31)17-14-25-22(35-5)27-20(17)30(29)18-10-7-11-19(26-18)33-16-9-8-13-28(15-16)23(32)34-24(2,3)4/h6-7,10-11,14,16H,1,8-9,12-13,15H2,2-5H3/t16-/m1/s1. The van der Waals surface area contributed by atoms with Gasteiger partial charge in [-0.2, -0.15) is 4.98 Å². The summed E-state index contributed by atoms with van der Waals surface area (Å²) in [5, 5.41) is 0.955. The molecule has 186 valence electrons. The number of pyridine rings is 1. The number of hydrogen-bond donors (Lipinski definition) is 0. The predicted octanol–water partition coefficient (Wildman–Crippen LogP) is 3.66. The van der Waals surface area contributed by atoms with Crippen molar-refractivity contribution >= 4 is 28.9 Å². The number of fused-ring (bicyclic) bond motifs is 1. The molecular formula is C24H30N6O4S. The van der Waals surface area contributed by atoms with Crippen LogP contribution < -0.4 is 10.3 Å². The molecule has 10 nitrogen and oxygen atoms in total. The Bertz CT molecular complexity index is 1300. The van der Waals surface area contributed by atoms with Crippen LogP contribution >= 0.6 is 11.8 Å². The van der Waals surface area contributed by atoms with E-state index in [0.717, 1.165) is 12.8 Å². The van der Waals surface area contributed by atoms with Gasteiger partial charge in [0.15, 0.2) is 16.6 Å². The number of nitrogens with zero attached hydrogens (tertiary/aromatic N) is 6. The number of ether oxygens (including phenoxy) is 2. The van der Waals surface area contributed by atoms with Crippen LogP contribution in [0, 0.1) is 0 Å². The summed E-state index contributed by atoms with van der Waals surface area (Å²) in [6.45, 7) is 10.6. The van der Waals surface area contributed by atoms with Crippen LogP contribution in [-0.4, -0.2) is 66.4 Å². The summed E-state index contributed by atoms with van der Waals surface area (Å²) < 4.78 is 14.9. The third kappa shape index (κ3) is 5.50. The molecule has 0 spiro atoms. The summed E-state index contributed by atoms with van der Waals surface area (Å²) in [4.78, 5) is 40.7. The van der Waals surface area contributed by atoms with Crippen LogP contribution in [0.1, 0.15) is 33.6 Å². The minimum atomic E-state index is -0.554. The lowest BCUT2D eigenvalue weighted by molar-refractivity contribution is 0.00721. The van der Waals surface area contributed by atoms with E-state index in [1.807, 2.05) is 33.1 Å². The smallest absolute Gasteiger partial charge is 0.410 e. The van der Waals surface area contributed by atoms with Crippen molar-refractivity contribution in [2.45, 2.75) is 57.0 Å². The lowest BCUT2D eigenvalue weighted by Gasteiger charge is -2.34. The van der Waals surface area contributed by atoms with Crippen molar-refractivity contribution in [1.82, 2.24) is 29.2 Å². The number of piperidine rings is 1. The van der Waals surface area contributed by atoms with Gasteiger partial charge in [-0.1, -0.05) is 23.9 Å². The molecule has 4 heterocycles. The third-order valence-electron chi connectivity index (χ3n) is 5.38. The number of likely N-dealkylation sites (tertiary alicyclic amines) is 1. The molecule has 1 aliphatic heterocycles. The minimum Gasteiger partial charge on any atom is -0.472 e. The van der Waals surface area contributed by atoms with Crippen LogP contribution in [0.25, 0.3) is 16.9 Å². The molecular weight excluding hydrogens is 468 g/mol. The van der Waals surface area contributed by atoms with Crippen molar-refractivity contribution < 1.29 is 14.3 Å². The van der Waals surface area contributed by atoms with E-state index in [1.165, 1.54) is 16.4 Å². The maximum Gasteiger partial charge on any atom is 0.410 e. The van der Waals surface area contributed by atoms with E-state index in [0.29, 0.717) is 41.0 Å². The normalized spacial score (nSPS) is 16.3. The lowest BCUT2D eigenvalue weighted by Crippen LogP contribution is -2.46. The highest BCUT2D eigenvalue weighted by atomic mass is 32.2. The molecule has 0 aliphatic carbocycles. The van der Waals surface area contributed by atoms with Crippen molar-refractivity contribution in [3.8, 4) is 11.7 Å². The molecule has 1 amide bonds. The minimum absolute atomic E-state index is 0.221. The molecule has 3 aromatic heterocycles. The molecule has 0 N–H and O–H groups in total. The second-order valence-corrected chi connectivity index (χ2v) is 10.00. The van der Waals surface area contributed by atoms with Crippen LogP contribution in [-0.2, 0) is 11.3 Å². The zero-order chi connectivity index (χ0) is 25.2. The number of aromatic nitrogens is 5. The first-order valence-corrected chi connectivity index (χ1v) is 12.7. The highest BCUT2D eigenvalue weighted by Gasteiger charge is 2.29. The van der Waals surface area contributed by atoms with Gasteiger partial charge in [-0.05, 0) is 45.9 Å². The predicted molar refractivity (Wildman–Crippen MR) is 134 cm³/mol. The van der Waals surface area contributed by atoms with Gasteiger partial charge in [0.1, 0.15) is 17.1 Å². The van der Waals surface area contributed by atoms with Gasteiger partial charge >= 0.3 is 6.09 Å². The Morgan fingerprint density at radius 1 is 1.31 bits per heavy atom. The average molecular weight is 499 g/mol. The summed E-state index contributed by atoms with van der Waals surface area (Å²) in [6.07, 6.45) is 6.10. The SMILES string of the molecule is C=CCn1c(=O)c2cnc(SC)nc2n1-c1cccc(O[C@@H]2CCCN(C(=O)OC(C)(C)C)C2)n1. The number of carbonyl (C=O) groups excluding carboxylic acids is 1. The van der Waals surface area contributed by atoms with Gasteiger partial charge in [0.05, 0.1) is 13.1 Å². The molecule has 3 aromatic rings. The second kappa shape index (κ2) is 10.1. The lowest BCUT2D eigenvalue weighted by atomic mass is 10.1. The fourth-order valence-corrected chi connectivity index (χ4v) is 4.25. The second-order valence-electron chi connectivity index (χ2n) is 9.22. The summed E-state index contributed by atoms with van der Waals surface area (Å²) in [6, 6.07) is 5.37. The summed E-state index contributed by atoms with van der Waals surface area (Å²) >= 11 is 1.39. The molecule has 1 aliphatic rings. The van der Waals surface area contributed by atoms with Crippen LogP contribution in [0.4, 0.5) is 4.79 Å². The third-order valence-corrected chi connectivity index (χ3v) is 5.94. The number of carbonyl (C=O) groups is 1. The molecule has 0 bridgehead atoms. The first-order chi connectivity index (χ1) is 16.7. The van der Waals surface area contributed by atoms with E-state index < -0.39 is 5.60 Å². The highest BCUT2D eigenvalue weighted by molar-refractivity contribution is 7.98. The number of allylic oxidation sites excluding steroid dienone is 1. The van der Waals surface area contributed by atoms with E-state index in [2.05, 4.69) is 21.5 Å². The van der Waals surface area contributed by atoms with Gasteiger partial charge in [-0.15, -0.1) is 6.58 Å². The molecule has 11 heteroatoms. The summed E-state index contributed by atoms with van der Waals surface area (Å²) in [7, 11) is 0. The molecule has 1 saturated heterocycles. The summed E-state index contributed by atoms with van der Waals surface area (Å²) in [5.41, 5.74) is -0.308. The Morgan fingerprint density at radius 2 is 2.11 bits per heavy atom. The van der Waals surface area contributed by atoms with Crippen molar-refractivity contribution in [3.63, 3.8) is 0 Å². The van der Waals surface area contributed by atoms with Gasteiger partial charge in [0.25, 0.3) is 5.56 Å². The number of amides is 1. The topological polar surface area (TPSA) is 104 Å². The fourth-order valence-electron chi connectivity index (χ4n) is 3.92. The van der Waals surface area contributed by atoms with E-state index in [-0.39, 0.29) is 24.3 Å². The Balaban J connectivity index is 1.62. The van der Waals surface area contributed by atoms with E-state index in [1.54, 1.807) is 34.0 Å². The van der Waals surface area contributed by atoms with Gasteiger partial charge in [-0.3, -0.25) is 4.79 Å². The first kappa shape index (κ1) is 24.8. The van der Waals surface area contributed by atoms with E-state index in [4.69, 9.17) is 9.47 Å². The average Bonchev–Trinajstić information content (AvgIpc) is 3.09. The zero-order valence-electron chi connectivity index (χ0n) is 20.4. The van der Waals surface area contributed by atoms with Crippen LogP contribution in [0.2, 0.25) is 0 Å². The number of thioether (sulfide) groups is 1. The Hall–Kier alpha value is -3.34. The van der Waals surface area contributed by atoms with Crippen LogP contribution in [0.3, 0.4) is 0 Å². The fraction of sp³-hybridized carbons (Fsp3) is 0.458. The molecule has 1 atom stereocenters. The molecule has 0 unspecified atom stereocenters. The Kier molecular flexibility index (Phi) is 7.15. The van der Waals surface area contributed by atoms with Gasteiger partial charge < -0.3 is 14.4 Å². The highest BCUT2D eigenvalue weighted by Crippen LogP contribution is 2.22. The molecule has 0 aromatic carbocycles. The van der Waals surface area contributed by atoms with E-state index in [9.17, 15) is 9.59 Å². The maximum absolute atomic E-state index is 13.0. The monoisotopic (exact) mass is 498 g/mol. The van der Waals surface area contributed by atoms with Crippen molar-refractivity contribution in [3.05, 3.63) is 47.4 Å². The van der Waals surface area contributed by atoms with E-state index >= 15 is 0 Å². The number of hydrogen-bond acceptors (Lipinski definition) is 8. The van der Waals surface area contributed by atoms with Crippen LogP contribution in [0.15, 0.2) is 47.0 Å². The quantitative estimate of drug-likeness (QED) is 0.288. The molecule has 35 heavy (non-hydrogen) atoms. The van der Waals surface area contributed by atoms with Gasteiger partial charge in [0, 0.05) is 18.8 Å².